The van der Waals surface area contributed by atoms with Crippen molar-refractivity contribution in [1.82, 2.24) is 30.1 Å². The van der Waals surface area contributed by atoms with Crippen LogP contribution in [0, 0.1) is 6.92 Å². The molecule has 0 aliphatic heterocycles. The minimum Gasteiger partial charge on any atom is -0.406 e. The van der Waals surface area contributed by atoms with Crippen LogP contribution in [0.4, 0.5) is 18.0 Å². The summed E-state index contributed by atoms with van der Waals surface area (Å²) in [5.74, 6) is 0.177. The van der Waals surface area contributed by atoms with Crippen molar-refractivity contribution in [3.8, 4) is 22.8 Å². The quantitative estimate of drug-likeness (QED) is 0.0832. The molecule has 5 N–H and O–H groups in total. The lowest BCUT2D eigenvalue weighted by Crippen LogP contribution is -2.44. The Kier molecular flexibility index (Phi) is 10.4. The number of carbonyl (C=O) groups is 1. The van der Waals surface area contributed by atoms with E-state index in [4.69, 9.17) is 5.73 Å². The fraction of sp³-hybridized carbons (Fsp3) is 0.214. The van der Waals surface area contributed by atoms with Crippen molar-refractivity contribution < 1.29 is 22.7 Å². The molecule has 4 aromatic rings. The molecule has 0 saturated heterocycles. The van der Waals surface area contributed by atoms with Gasteiger partial charge in [0.25, 0.3) is 0 Å². The second-order valence-electron chi connectivity index (χ2n) is 8.95. The standard InChI is InChI=1S/C28H29F3N8O2S/c1-19-5-2-3-7-24(19)42-36-17-34-26(32)37-27(40)33-16-4-6-20-8-10-21(11-9-20)25-35-18-39(38-25)22-12-14-23(15-13-22)41-28(29,30)31/h2-3,5,7-15,18,36H,4,6,16-17H2,1H3,(H4,32,33,34,37,40). The van der Waals surface area contributed by atoms with E-state index in [-0.39, 0.29) is 18.4 Å². The molecule has 0 radical (unpaired) electrons. The molecule has 1 heterocycles. The number of aliphatic imine (C=N–C) groups is 1. The summed E-state index contributed by atoms with van der Waals surface area (Å²) < 4.78 is 45.5. The van der Waals surface area contributed by atoms with Crippen molar-refractivity contribution in [3.63, 3.8) is 0 Å². The van der Waals surface area contributed by atoms with E-state index in [0.717, 1.165) is 28.0 Å². The Balaban J connectivity index is 1.16. The lowest BCUT2D eigenvalue weighted by molar-refractivity contribution is -0.274. The number of hydrogen-bond donors (Lipinski definition) is 4. The second-order valence-corrected chi connectivity index (χ2v) is 9.88. The van der Waals surface area contributed by atoms with Gasteiger partial charge in [0.15, 0.2) is 11.8 Å². The highest BCUT2D eigenvalue weighted by atomic mass is 32.2. The molecule has 14 heteroatoms. The SMILES string of the molecule is Cc1ccccc1SNCN=C(N)NC(=O)NCCCc1ccc(-c2ncn(-c3ccc(OC(F)(F)F)cc3)n2)cc1. The third-order valence-corrected chi connectivity index (χ3v) is 6.75. The lowest BCUT2D eigenvalue weighted by atomic mass is 10.1. The average Bonchev–Trinajstić information content (AvgIpc) is 3.45. The molecule has 0 atom stereocenters. The van der Waals surface area contributed by atoms with Gasteiger partial charge in [0, 0.05) is 17.0 Å². The molecule has 0 aliphatic carbocycles. The van der Waals surface area contributed by atoms with Crippen molar-refractivity contribution in [2.75, 3.05) is 13.2 Å². The molecule has 2 amide bonds. The molecule has 1 aromatic heterocycles. The van der Waals surface area contributed by atoms with Crippen molar-refractivity contribution in [3.05, 3.63) is 90.3 Å². The first-order valence-corrected chi connectivity index (χ1v) is 13.7. The zero-order chi connectivity index (χ0) is 30.0. The number of aromatic nitrogens is 3. The van der Waals surface area contributed by atoms with Crippen LogP contribution in [-0.4, -0.2) is 46.3 Å². The van der Waals surface area contributed by atoms with E-state index in [9.17, 15) is 18.0 Å². The number of hydrogen-bond acceptors (Lipinski definition) is 7. The molecule has 0 saturated carbocycles. The van der Waals surface area contributed by atoms with E-state index in [1.54, 1.807) is 0 Å². The van der Waals surface area contributed by atoms with Crippen molar-refractivity contribution in [1.29, 1.82) is 0 Å². The number of guanidine groups is 1. The van der Waals surface area contributed by atoms with Crippen molar-refractivity contribution >= 4 is 23.9 Å². The maximum Gasteiger partial charge on any atom is 0.573 e. The van der Waals surface area contributed by atoms with Crippen LogP contribution in [0.3, 0.4) is 0 Å². The van der Waals surface area contributed by atoms with E-state index in [2.05, 4.69) is 35.2 Å². The maximum absolute atomic E-state index is 12.4. The Bertz CT molecular complexity index is 1490. The zero-order valence-electron chi connectivity index (χ0n) is 22.6. The van der Waals surface area contributed by atoms with Gasteiger partial charge < -0.3 is 15.8 Å². The molecule has 3 aromatic carbocycles. The normalized spacial score (nSPS) is 11.8. The zero-order valence-corrected chi connectivity index (χ0v) is 23.4. The predicted molar refractivity (Wildman–Crippen MR) is 155 cm³/mol. The van der Waals surface area contributed by atoms with E-state index in [1.165, 1.54) is 47.2 Å². The number of carbonyl (C=O) groups excluding carboxylic acids is 1. The molecule has 4 rings (SSSR count). The smallest absolute Gasteiger partial charge is 0.406 e. The summed E-state index contributed by atoms with van der Waals surface area (Å²) in [5, 5.41) is 9.66. The van der Waals surface area contributed by atoms with Crippen LogP contribution >= 0.6 is 11.9 Å². The summed E-state index contributed by atoms with van der Waals surface area (Å²) in [6.45, 7) is 2.71. The van der Waals surface area contributed by atoms with E-state index in [1.807, 2.05) is 55.5 Å². The van der Waals surface area contributed by atoms with Crippen LogP contribution in [0.5, 0.6) is 5.75 Å². The van der Waals surface area contributed by atoms with Crippen LogP contribution in [0.1, 0.15) is 17.5 Å². The molecular formula is C28H29F3N8O2S. The Morgan fingerprint density at radius 2 is 1.81 bits per heavy atom. The number of alkyl halides is 3. The fourth-order valence-electron chi connectivity index (χ4n) is 3.73. The second kappa shape index (κ2) is 14.4. The molecule has 220 valence electrons. The Morgan fingerprint density at radius 3 is 2.52 bits per heavy atom. The topological polar surface area (TPSA) is 131 Å². The molecule has 0 unspecified atom stereocenters. The van der Waals surface area contributed by atoms with Gasteiger partial charge in [-0.1, -0.05) is 42.5 Å². The average molecular weight is 599 g/mol. The minimum absolute atomic E-state index is 0.0181. The number of halogens is 3. The first-order chi connectivity index (χ1) is 20.2. The van der Waals surface area contributed by atoms with Crippen LogP contribution in [0.15, 0.2) is 89.0 Å². The van der Waals surface area contributed by atoms with Gasteiger partial charge >= 0.3 is 12.4 Å². The highest BCUT2D eigenvalue weighted by Crippen LogP contribution is 2.24. The molecule has 0 bridgehead atoms. The van der Waals surface area contributed by atoms with E-state index >= 15 is 0 Å². The number of nitrogens with one attached hydrogen (secondary N) is 3. The van der Waals surface area contributed by atoms with Crippen LogP contribution in [0.25, 0.3) is 17.1 Å². The summed E-state index contributed by atoms with van der Waals surface area (Å²) in [7, 11) is 0. The Hall–Kier alpha value is -4.56. The van der Waals surface area contributed by atoms with Gasteiger partial charge in [-0.2, -0.15) is 0 Å². The number of nitrogens with zero attached hydrogens (tertiary/aromatic N) is 4. The first-order valence-electron chi connectivity index (χ1n) is 12.8. The summed E-state index contributed by atoms with van der Waals surface area (Å²) in [5.41, 5.74) is 9.32. The Labute approximate surface area is 244 Å². The van der Waals surface area contributed by atoms with Gasteiger partial charge in [-0.25, -0.2) is 24.2 Å². The summed E-state index contributed by atoms with van der Waals surface area (Å²) in [4.78, 5) is 21.5. The van der Waals surface area contributed by atoms with Gasteiger partial charge in [0.05, 0.1) is 5.69 Å². The highest BCUT2D eigenvalue weighted by molar-refractivity contribution is 7.97. The predicted octanol–water partition coefficient (Wildman–Crippen LogP) is 4.94. The van der Waals surface area contributed by atoms with Gasteiger partial charge in [0.1, 0.15) is 18.7 Å². The molecule has 42 heavy (non-hydrogen) atoms. The first kappa shape index (κ1) is 30.4. The number of aryl methyl sites for hydroxylation is 2. The minimum atomic E-state index is -4.75. The monoisotopic (exact) mass is 598 g/mol. The third-order valence-electron chi connectivity index (χ3n) is 5.80. The summed E-state index contributed by atoms with van der Waals surface area (Å²) in [6.07, 6.45) is -1.82. The van der Waals surface area contributed by atoms with Gasteiger partial charge in [-0.05, 0) is 73.2 Å². The number of urea groups is 1. The van der Waals surface area contributed by atoms with Gasteiger partial charge in [-0.15, -0.1) is 18.3 Å². The molecule has 0 aliphatic rings. The van der Waals surface area contributed by atoms with E-state index in [0.29, 0.717) is 24.5 Å². The van der Waals surface area contributed by atoms with Crippen molar-refractivity contribution in [2.24, 2.45) is 10.7 Å². The number of benzene rings is 3. The Morgan fingerprint density at radius 1 is 1.07 bits per heavy atom. The number of amides is 2. The van der Waals surface area contributed by atoms with Crippen LogP contribution < -0.4 is 25.8 Å². The number of nitrogens with two attached hydrogens (primary N) is 1. The van der Waals surface area contributed by atoms with Crippen LogP contribution in [0.2, 0.25) is 0 Å². The molecule has 10 nitrogen and oxygen atoms in total. The van der Waals surface area contributed by atoms with E-state index < -0.39 is 12.4 Å². The molecule has 0 fully saturated rings. The third kappa shape index (κ3) is 9.52. The highest BCUT2D eigenvalue weighted by Gasteiger charge is 2.31. The van der Waals surface area contributed by atoms with Gasteiger partial charge in [0.2, 0.25) is 0 Å². The van der Waals surface area contributed by atoms with Crippen LogP contribution in [-0.2, 0) is 6.42 Å². The summed E-state index contributed by atoms with van der Waals surface area (Å²) in [6, 6.07) is 20.5. The van der Waals surface area contributed by atoms with Gasteiger partial charge in [-0.3, -0.25) is 5.32 Å². The number of ether oxygens (including phenoxy) is 1. The number of rotatable bonds is 11. The lowest BCUT2D eigenvalue weighted by Gasteiger charge is -2.09. The summed E-state index contributed by atoms with van der Waals surface area (Å²) >= 11 is 1.44. The largest absolute Gasteiger partial charge is 0.573 e. The van der Waals surface area contributed by atoms with Crippen molar-refractivity contribution in [2.45, 2.75) is 31.0 Å². The maximum atomic E-state index is 12.4. The molecular weight excluding hydrogens is 569 g/mol. The fourth-order valence-corrected chi connectivity index (χ4v) is 4.39. The molecule has 0 spiro atoms.